The van der Waals surface area contributed by atoms with Crippen molar-refractivity contribution in [3.8, 4) is 0 Å². The van der Waals surface area contributed by atoms with E-state index in [4.69, 9.17) is 16.3 Å². The average Bonchev–Trinajstić information content (AvgIpc) is 2.72. The Morgan fingerprint density at radius 3 is 2.19 bits per heavy atom. The van der Waals surface area contributed by atoms with Gasteiger partial charge in [-0.05, 0) is 29.7 Å². The molecule has 0 aromatic heterocycles. The van der Waals surface area contributed by atoms with Crippen molar-refractivity contribution in [1.82, 2.24) is 9.80 Å². The van der Waals surface area contributed by atoms with Crippen LogP contribution >= 0.6 is 11.6 Å². The number of hydrogen-bond acceptors (Lipinski definition) is 4. The first-order valence-corrected chi connectivity index (χ1v) is 9.99. The van der Waals surface area contributed by atoms with E-state index in [-0.39, 0.29) is 6.10 Å². The summed E-state index contributed by atoms with van der Waals surface area (Å²) in [5.41, 5.74) is 2.16. The molecule has 2 aromatic rings. The maximum absolute atomic E-state index is 10.4. The van der Waals surface area contributed by atoms with E-state index in [2.05, 4.69) is 34.1 Å². The molecule has 0 radical (unpaired) electrons. The van der Waals surface area contributed by atoms with Crippen molar-refractivity contribution >= 4 is 11.6 Å². The maximum atomic E-state index is 10.4. The Morgan fingerprint density at radius 2 is 1.56 bits per heavy atom. The molecule has 0 amide bonds. The van der Waals surface area contributed by atoms with Crippen LogP contribution in [-0.4, -0.2) is 61.3 Å². The lowest BCUT2D eigenvalue weighted by Crippen LogP contribution is -2.47. The highest BCUT2D eigenvalue weighted by molar-refractivity contribution is 6.30. The lowest BCUT2D eigenvalue weighted by molar-refractivity contribution is 0.0387. The molecule has 2 atom stereocenters. The number of aliphatic hydroxyl groups is 1. The van der Waals surface area contributed by atoms with Gasteiger partial charge < -0.3 is 14.7 Å². The summed E-state index contributed by atoms with van der Waals surface area (Å²) in [5, 5.41) is 11.1. The quantitative estimate of drug-likeness (QED) is 0.746. The first kappa shape index (κ1) is 20.3. The second-order valence-electron chi connectivity index (χ2n) is 7.13. The molecular formula is C22H29ClN2O2. The van der Waals surface area contributed by atoms with Crippen LogP contribution in [0.3, 0.4) is 0 Å². The standard InChI is InChI=1S/C22H29ClN2O2/c1-27-22(19-5-3-2-4-6-19)17-25-15-13-24(14-16-25)12-11-21(26)18-7-9-20(23)10-8-18/h2-10,21-22,26H,11-17H2,1H3. The van der Waals surface area contributed by atoms with E-state index in [1.807, 2.05) is 30.3 Å². The van der Waals surface area contributed by atoms with E-state index in [9.17, 15) is 5.11 Å². The number of piperazine rings is 1. The van der Waals surface area contributed by atoms with Gasteiger partial charge in [0.1, 0.15) is 0 Å². The second-order valence-corrected chi connectivity index (χ2v) is 7.57. The van der Waals surface area contributed by atoms with E-state index < -0.39 is 6.10 Å². The zero-order chi connectivity index (χ0) is 19.1. The molecule has 0 spiro atoms. The number of ether oxygens (including phenoxy) is 1. The van der Waals surface area contributed by atoms with Crippen molar-refractivity contribution in [2.24, 2.45) is 0 Å². The molecule has 146 valence electrons. The molecule has 3 rings (SSSR count). The SMILES string of the molecule is COC(CN1CCN(CCC(O)c2ccc(Cl)cc2)CC1)c1ccccc1. The first-order valence-electron chi connectivity index (χ1n) is 9.61. The lowest BCUT2D eigenvalue weighted by atomic mass is 10.1. The minimum Gasteiger partial charge on any atom is -0.388 e. The molecule has 1 aliphatic rings. The third kappa shape index (κ3) is 6.03. The van der Waals surface area contributed by atoms with E-state index in [1.165, 1.54) is 5.56 Å². The Kier molecular flexibility index (Phi) is 7.68. The largest absolute Gasteiger partial charge is 0.388 e. The summed E-state index contributed by atoms with van der Waals surface area (Å²) in [5.74, 6) is 0. The van der Waals surface area contributed by atoms with Crippen LogP contribution in [0, 0.1) is 0 Å². The fourth-order valence-corrected chi connectivity index (χ4v) is 3.70. The van der Waals surface area contributed by atoms with Crippen LogP contribution in [0.5, 0.6) is 0 Å². The molecule has 2 unspecified atom stereocenters. The van der Waals surface area contributed by atoms with Gasteiger partial charge in [0, 0.05) is 51.4 Å². The molecule has 1 heterocycles. The molecule has 1 aliphatic heterocycles. The van der Waals surface area contributed by atoms with Crippen molar-refractivity contribution in [3.63, 3.8) is 0 Å². The molecule has 27 heavy (non-hydrogen) atoms. The Morgan fingerprint density at radius 1 is 0.926 bits per heavy atom. The minimum atomic E-state index is -0.434. The van der Waals surface area contributed by atoms with Crippen LogP contribution in [0.4, 0.5) is 0 Å². The van der Waals surface area contributed by atoms with E-state index in [1.54, 1.807) is 7.11 Å². The van der Waals surface area contributed by atoms with Crippen LogP contribution in [-0.2, 0) is 4.74 Å². The van der Waals surface area contributed by atoms with Gasteiger partial charge in [0.05, 0.1) is 12.2 Å². The highest BCUT2D eigenvalue weighted by Gasteiger charge is 2.21. The van der Waals surface area contributed by atoms with Crippen molar-refractivity contribution in [3.05, 3.63) is 70.7 Å². The van der Waals surface area contributed by atoms with E-state index in [0.717, 1.165) is 51.3 Å². The first-order chi connectivity index (χ1) is 13.2. The Hall–Kier alpha value is -1.43. The van der Waals surface area contributed by atoms with Gasteiger partial charge >= 0.3 is 0 Å². The van der Waals surface area contributed by atoms with Gasteiger partial charge in [-0.2, -0.15) is 0 Å². The molecule has 1 N–H and O–H groups in total. The van der Waals surface area contributed by atoms with Gasteiger partial charge in [0.15, 0.2) is 0 Å². The normalized spacial score (nSPS) is 18.3. The topological polar surface area (TPSA) is 35.9 Å². The van der Waals surface area contributed by atoms with Gasteiger partial charge in [0.25, 0.3) is 0 Å². The number of methoxy groups -OCH3 is 1. The Balaban J connectivity index is 1.41. The molecule has 0 saturated carbocycles. The van der Waals surface area contributed by atoms with Crippen molar-refractivity contribution in [1.29, 1.82) is 0 Å². The molecule has 0 bridgehead atoms. The Bertz CT molecular complexity index is 672. The van der Waals surface area contributed by atoms with Gasteiger partial charge in [-0.25, -0.2) is 0 Å². The maximum Gasteiger partial charge on any atom is 0.0947 e. The van der Waals surface area contributed by atoms with Crippen LogP contribution in [0.2, 0.25) is 5.02 Å². The summed E-state index contributed by atoms with van der Waals surface area (Å²) in [6, 6.07) is 17.9. The summed E-state index contributed by atoms with van der Waals surface area (Å²) in [6.07, 6.45) is 0.424. The lowest BCUT2D eigenvalue weighted by Gasteiger charge is -2.36. The summed E-state index contributed by atoms with van der Waals surface area (Å²) in [4.78, 5) is 4.90. The molecule has 0 aliphatic carbocycles. The zero-order valence-corrected chi connectivity index (χ0v) is 16.7. The average molecular weight is 389 g/mol. The van der Waals surface area contributed by atoms with Crippen LogP contribution in [0.25, 0.3) is 0 Å². The molecule has 2 aromatic carbocycles. The van der Waals surface area contributed by atoms with Crippen molar-refractivity contribution in [2.75, 3.05) is 46.4 Å². The zero-order valence-electron chi connectivity index (χ0n) is 15.9. The fourth-order valence-electron chi connectivity index (χ4n) is 3.57. The molecule has 1 fully saturated rings. The predicted molar refractivity (Wildman–Crippen MR) is 110 cm³/mol. The summed E-state index contributed by atoms with van der Waals surface area (Å²) in [7, 11) is 1.78. The number of hydrogen-bond donors (Lipinski definition) is 1. The van der Waals surface area contributed by atoms with Gasteiger partial charge in [0.2, 0.25) is 0 Å². The van der Waals surface area contributed by atoms with E-state index in [0.29, 0.717) is 5.02 Å². The third-order valence-corrected chi connectivity index (χ3v) is 5.57. The Labute approximate surface area is 167 Å². The van der Waals surface area contributed by atoms with Gasteiger partial charge in [-0.15, -0.1) is 0 Å². The molecule has 1 saturated heterocycles. The fraction of sp³-hybridized carbons (Fsp3) is 0.455. The monoisotopic (exact) mass is 388 g/mol. The van der Waals surface area contributed by atoms with E-state index >= 15 is 0 Å². The highest BCUT2D eigenvalue weighted by atomic mass is 35.5. The summed E-state index contributed by atoms with van der Waals surface area (Å²) in [6.45, 7) is 5.94. The number of rotatable bonds is 8. The van der Waals surface area contributed by atoms with Gasteiger partial charge in [-0.3, -0.25) is 4.90 Å². The van der Waals surface area contributed by atoms with Crippen molar-refractivity contribution < 1.29 is 9.84 Å². The number of benzene rings is 2. The van der Waals surface area contributed by atoms with Crippen LogP contribution < -0.4 is 0 Å². The van der Waals surface area contributed by atoms with Crippen molar-refractivity contribution in [2.45, 2.75) is 18.6 Å². The molecule has 4 nitrogen and oxygen atoms in total. The van der Waals surface area contributed by atoms with Gasteiger partial charge in [-0.1, -0.05) is 54.1 Å². The third-order valence-electron chi connectivity index (χ3n) is 5.32. The highest BCUT2D eigenvalue weighted by Crippen LogP contribution is 2.21. The molecule has 5 heteroatoms. The summed E-state index contributed by atoms with van der Waals surface area (Å²) >= 11 is 5.91. The van der Waals surface area contributed by atoms with Crippen LogP contribution in [0.1, 0.15) is 29.8 Å². The summed E-state index contributed by atoms with van der Waals surface area (Å²) < 4.78 is 5.70. The second kappa shape index (κ2) is 10.2. The van der Waals surface area contributed by atoms with Crippen LogP contribution in [0.15, 0.2) is 54.6 Å². The number of aliphatic hydroxyl groups excluding tert-OH is 1. The molecular weight excluding hydrogens is 360 g/mol. The minimum absolute atomic E-state index is 0.115. The predicted octanol–water partition coefficient (Wildman–Crippen LogP) is 3.77. The smallest absolute Gasteiger partial charge is 0.0947 e. The number of nitrogens with zero attached hydrogens (tertiary/aromatic N) is 2. The number of halogens is 1.